The summed E-state index contributed by atoms with van der Waals surface area (Å²) in [5.41, 5.74) is 0. The van der Waals surface area contributed by atoms with E-state index in [1.165, 1.54) is 0 Å². The fraction of sp³-hybridized carbons (Fsp3) is 0. The Hall–Kier alpha value is 0.570. The van der Waals surface area contributed by atoms with Crippen molar-refractivity contribution in [2.45, 2.75) is 0 Å². The molecule has 0 amide bonds. The second-order valence-corrected chi connectivity index (χ2v) is 10.00. The van der Waals surface area contributed by atoms with Crippen LogP contribution in [0.1, 0.15) is 0 Å². The summed E-state index contributed by atoms with van der Waals surface area (Å²) in [6, 6.07) is 0. The van der Waals surface area contributed by atoms with E-state index >= 15 is 0 Å². The molecular weight excluding hydrogens is 253 g/mol. The second kappa shape index (κ2) is 3.03. The molecule has 82 valence electrons. The number of hydrogen-bond donors (Lipinski definition) is 7. The molecule has 0 aliphatic heterocycles. The molecule has 0 aromatic carbocycles. The van der Waals surface area contributed by atoms with Gasteiger partial charge in [0.2, 0.25) is 0 Å². The molecule has 0 aromatic heterocycles. The van der Waals surface area contributed by atoms with Crippen LogP contribution in [-0.2, 0) is 13.4 Å². The Kier molecular flexibility index (Phi) is 3.16. The maximum atomic E-state index is 10.2. The first-order valence-electron chi connectivity index (χ1n) is 2.33. The first-order valence-corrected chi connectivity index (χ1v) is 8.19. The predicted molar refractivity (Wildman–Crippen MR) is 38.7 cm³/mol. The van der Waals surface area contributed by atoms with Crippen LogP contribution in [0.3, 0.4) is 0 Å². The maximum absolute atomic E-state index is 10.2. The molecule has 13 heteroatoms. The fourth-order valence-corrected chi connectivity index (χ4v) is 3.85. The molecule has 0 aliphatic carbocycles. The number of phosphoric acid groups is 1. The molecule has 0 rings (SSSR count). The van der Waals surface area contributed by atoms with Crippen LogP contribution >= 0.6 is 22.3 Å². The Morgan fingerprint density at radius 2 is 1.23 bits per heavy atom. The van der Waals surface area contributed by atoms with Gasteiger partial charge >= 0.3 is 70.0 Å². The molecule has 7 N–H and O–H groups in total. The molecule has 0 unspecified atom stereocenters. The summed E-state index contributed by atoms with van der Waals surface area (Å²) in [6.07, 6.45) is 0. The molecule has 0 heterocycles. The summed E-state index contributed by atoms with van der Waals surface area (Å²) in [4.78, 5) is 57.4. The van der Waals surface area contributed by atoms with Crippen molar-refractivity contribution in [1.29, 1.82) is 0 Å². The Bertz CT molecular complexity index is 279. The van der Waals surface area contributed by atoms with E-state index in [1.807, 2.05) is 0 Å². The van der Waals surface area contributed by atoms with Crippen LogP contribution in [-0.4, -0.2) is 34.3 Å². The molecule has 0 atom stereocenters. The summed E-state index contributed by atoms with van der Waals surface area (Å²) < 4.78 is 23.0. The summed E-state index contributed by atoms with van der Waals surface area (Å²) in [6.45, 7) is 0. The molecule has 0 fully saturated rings. The van der Waals surface area contributed by atoms with Crippen molar-refractivity contribution in [3.63, 3.8) is 0 Å². The van der Waals surface area contributed by atoms with Crippen LogP contribution < -0.4 is 0 Å². The third kappa shape index (κ3) is 3.67. The number of rotatable bonds is 3. The van der Waals surface area contributed by atoms with Crippen LogP contribution in [0.4, 0.5) is 0 Å². The van der Waals surface area contributed by atoms with E-state index in [-0.39, 0.29) is 0 Å². The van der Waals surface area contributed by atoms with Crippen LogP contribution in [0.2, 0.25) is 0 Å². The monoisotopic (exact) mass is 260 g/mol. The van der Waals surface area contributed by atoms with Crippen molar-refractivity contribution in [2.75, 3.05) is 0 Å². The first-order chi connectivity index (χ1) is 5.24. The van der Waals surface area contributed by atoms with Gasteiger partial charge in [0.1, 0.15) is 0 Å². The van der Waals surface area contributed by atoms with Gasteiger partial charge in [-0.1, -0.05) is 0 Å². The Labute approximate surface area is 71.0 Å². The van der Waals surface area contributed by atoms with Gasteiger partial charge < -0.3 is 0 Å². The van der Waals surface area contributed by atoms with Crippen LogP contribution in [0.15, 0.2) is 0 Å². The summed E-state index contributed by atoms with van der Waals surface area (Å²) in [7, 11) is -18.7. The topological polar surface area (TPSA) is 185 Å². The van der Waals surface area contributed by atoms with Gasteiger partial charge in [0, 0.05) is 0 Å². The van der Waals surface area contributed by atoms with E-state index in [0.29, 0.717) is 0 Å². The van der Waals surface area contributed by atoms with Crippen LogP contribution in [0.25, 0.3) is 0 Å². The molecule has 13 heavy (non-hydrogen) atoms. The summed E-state index contributed by atoms with van der Waals surface area (Å²) in [5.74, 6) is 0. The predicted octanol–water partition coefficient (Wildman–Crippen LogP) is -1.62. The molecule has 10 nitrogen and oxygen atoms in total. The van der Waals surface area contributed by atoms with Crippen molar-refractivity contribution < 1.29 is 47.7 Å². The zero-order chi connectivity index (χ0) is 11.2. The minimum absolute atomic E-state index is 2.88. The van der Waals surface area contributed by atoms with E-state index in [0.717, 1.165) is 0 Å². The van der Waals surface area contributed by atoms with Gasteiger partial charge in [0.25, 0.3) is 0 Å². The molecule has 0 spiro atoms. The van der Waals surface area contributed by atoms with Crippen molar-refractivity contribution in [3.05, 3.63) is 0 Å². The van der Waals surface area contributed by atoms with Gasteiger partial charge in [0.15, 0.2) is 0 Å². The fourth-order valence-electron chi connectivity index (χ4n) is 0.238. The zero-order valence-corrected chi connectivity index (χ0v) is 8.38. The standard InChI is InChI=1S/H7O10P3/c1-11(2,3)10-13(7,8,9)12(4,5)6/h7-9H,(H2,1,2,3)(H2,4,5,6). The minimum atomic E-state index is -7.11. The van der Waals surface area contributed by atoms with Crippen molar-refractivity contribution in [3.8, 4) is 0 Å². The van der Waals surface area contributed by atoms with Gasteiger partial charge in [-0.3, -0.25) is 0 Å². The molecular formula is H7O10P3. The van der Waals surface area contributed by atoms with E-state index in [4.69, 9.17) is 34.3 Å². The molecule has 0 bridgehead atoms. The molecule has 0 aliphatic rings. The average Bonchev–Trinajstić information content (AvgIpc) is 1.48. The first kappa shape index (κ1) is 13.6. The van der Waals surface area contributed by atoms with Gasteiger partial charge in [0.05, 0.1) is 0 Å². The molecule has 0 radical (unpaired) electrons. The number of hydrogen-bond acceptors (Lipinski definition) is 6. The SMILES string of the molecule is O=P(O)(O)OP(O)(O)(O)P(=O)(O)O. The Morgan fingerprint density at radius 3 is 1.31 bits per heavy atom. The van der Waals surface area contributed by atoms with E-state index in [9.17, 15) is 9.13 Å². The van der Waals surface area contributed by atoms with Gasteiger partial charge in [-0.2, -0.15) is 0 Å². The molecule has 0 saturated heterocycles. The van der Waals surface area contributed by atoms with Crippen LogP contribution in [0, 0.1) is 0 Å². The Balaban J connectivity index is 5.17. The third-order valence-electron chi connectivity index (χ3n) is 0.708. The van der Waals surface area contributed by atoms with Crippen LogP contribution in [0.5, 0.6) is 0 Å². The quantitative estimate of drug-likeness (QED) is 0.290. The molecule has 0 aromatic rings. The second-order valence-electron chi connectivity index (χ2n) is 1.95. The van der Waals surface area contributed by atoms with Crippen molar-refractivity contribution >= 4 is 22.3 Å². The van der Waals surface area contributed by atoms with Gasteiger partial charge in [-0.15, -0.1) is 0 Å². The normalized spacial score (nSPS) is 17.9. The van der Waals surface area contributed by atoms with E-state index in [2.05, 4.69) is 4.31 Å². The third-order valence-corrected chi connectivity index (χ3v) is 7.03. The average molecular weight is 260 g/mol. The van der Waals surface area contributed by atoms with E-state index < -0.39 is 22.3 Å². The summed E-state index contributed by atoms with van der Waals surface area (Å²) in [5, 5.41) is 0. The van der Waals surface area contributed by atoms with Gasteiger partial charge in [-0.05, 0) is 0 Å². The zero-order valence-electron chi connectivity index (χ0n) is 5.70. The van der Waals surface area contributed by atoms with Gasteiger partial charge in [-0.25, -0.2) is 0 Å². The van der Waals surface area contributed by atoms with Crippen molar-refractivity contribution in [1.82, 2.24) is 0 Å². The Morgan fingerprint density at radius 1 is 0.923 bits per heavy atom. The summed E-state index contributed by atoms with van der Waals surface area (Å²) >= 11 is 0. The van der Waals surface area contributed by atoms with Crippen molar-refractivity contribution in [2.24, 2.45) is 0 Å². The molecule has 0 saturated carbocycles. The van der Waals surface area contributed by atoms with E-state index in [1.54, 1.807) is 0 Å².